The number of carbonyl (C=O) groups is 2. The van der Waals surface area contributed by atoms with E-state index in [9.17, 15) is 18.0 Å². The Morgan fingerprint density at radius 1 is 1.19 bits per heavy atom. The van der Waals surface area contributed by atoms with E-state index in [0.717, 1.165) is 17.3 Å². The lowest BCUT2D eigenvalue weighted by Crippen LogP contribution is -2.42. The average Bonchev–Trinajstić information content (AvgIpc) is 2.96. The number of hydrogen-bond acceptors (Lipinski definition) is 4. The van der Waals surface area contributed by atoms with E-state index in [-0.39, 0.29) is 35.8 Å². The maximum Gasteiger partial charge on any atom is 0.240 e. The quantitative estimate of drug-likeness (QED) is 0.784. The van der Waals surface area contributed by atoms with Gasteiger partial charge >= 0.3 is 0 Å². The fourth-order valence-electron chi connectivity index (χ4n) is 3.42. The SMILES string of the molecule is CCCC(=O)c1cn(CC(=O)NC2CCS(=O)(=O)CC2)c2ccccc12. The third-order valence-electron chi connectivity index (χ3n) is 4.80. The first-order chi connectivity index (χ1) is 12.4. The third-order valence-corrected chi connectivity index (χ3v) is 6.52. The van der Waals surface area contributed by atoms with E-state index in [4.69, 9.17) is 0 Å². The van der Waals surface area contributed by atoms with Gasteiger partial charge in [0.15, 0.2) is 5.78 Å². The highest BCUT2D eigenvalue weighted by molar-refractivity contribution is 7.91. The molecule has 1 aliphatic rings. The molecule has 0 bridgehead atoms. The second kappa shape index (κ2) is 7.61. The molecule has 140 valence electrons. The van der Waals surface area contributed by atoms with Crippen LogP contribution in [0.5, 0.6) is 0 Å². The van der Waals surface area contributed by atoms with E-state index >= 15 is 0 Å². The highest BCUT2D eigenvalue weighted by Gasteiger charge is 2.25. The number of benzene rings is 1. The van der Waals surface area contributed by atoms with Crippen molar-refractivity contribution in [3.05, 3.63) is 36.0 Å². The molecule has 2 heterocycles. The Hall–Kier alpha value is -2.15. The van der Waals surface area contributed by atoms with Crippen LogP contribution in [0.15, 0.2) is 30.5 Å². The Morgan fingerprint density at radius 2 is 1.88 bits per heavy atom. The first-order valence-electron chi connectivity index (χ1n) is 9.00. The van der Waals surface area contributed by atoms with Gasteiger partial charge in [-0.15, -0.1) is 0 Å². The molecule has 0 atom stereocenters. The molecule has 1 aliphatic heterocycles. The first kappa shape index (κ1) is 18.6. The van der Waals surface area contributed by atoms with E-state index < -0.39 is 9.84 Å². The molecule has 1 aromatic heterocycles. The van der Waals surface area contributed by atoms with E-state index in [2.05, 4.69) is 5.32 Å². The number of nitrogens with one attached hydrogen (secondary N) is 1. The number of rotatable bonds is 6. The minimum Gasteiger partial charge on any atom is -0.352 e. The molecule has 1 saturated heterocycles. The minimum atomic E-state index is -2.94. The number of sulfone groups is 1. The van der Waals surface area contributed by atoms with Gasteiger partial charge in [0.1, 0.15) is 16.4 Å². The van der Waals surface area contributed by atoms with Crippen LogP contribution in [0.25, 0.3) is 10.9 Å². The molecule has 6 nitrogen and oxygen atoms in total. The van der Waals surface area contributed by atoms with Crippen LogP contribution in [-0.4, -0.2) is 42.2 Å². The molecule has 0 saturated carbocycles. The maximum atomic E-state index is 12.4. The van der Waals surface area contributed by atoms with Crippen molar-refractivity contribution in [3.63, 3.8) is 0 Å². The summed E-state index contributed by atoms with van der Waals surface area (Å²) in [5.41, 5.74) is 1.51. The molecule has 1 amide bonds. The lowest BCUT2D eigenvalue weighted by molar-refractivity contribution is -0.122. The van der Waals surface area contributed by atoms with Crippen molar-refractivity contribution < 1.29 is 18.0 Å². The monoisotopic (exact) mass is 376 g/mol. The molecule has 0 aliphatic carbocycles. The third kappa shape index (κ3) is 4.15. The van der Waals surface area contributed by atoms with Gasteiger partial charge in [-0.1, -0.05) is 25.1 Å². The number of hydrogen-bond donors (Lipinski definition) is 1. The summed E-state index contributed by atoms with van der Waals surface area (Å²) in [5.74, 6) is 0.171. The van der Waals surface area contributed by atoms with Gasteiger partial charge in [-0.05, 0) is 25.3 Å². The standard InChI is InChI=1S/C19H24N2O4S/c1-2-5-18(22)16-12-21(17-7-4-3-6-15(16)17)13-19(23)20-14-8-10-26(24,25)11-9-14/h3-4,6-7,12,14H,2,5,8-11,13H2,1H3,(H,20,23). The number of fused-ring (bicyclic) bond motifs is 1. The van der Waals surface area contributed by atoms with Gasteiger partial charge in [0.25, 0.3) is 0 Å². The van der Waals surface area contributed by atoms with Gasteiger partial charge in [0.2, 0.25) is 5.91 Å². The van der Waals surface area contributed by atoms with Crippen molar-refractivity contribution >= 4 is 32.4 Å². The molecule has 7 heteroatoms. The van der Waals surface area contributed by atoms with Crippen LogP contribution < -0.4 is 5.32 Å². The molecule has 26 heavy (non-hydrogen) atoms. The summed E-state index contributed by atoms with van der Waals surface area (Å²) in [6, 6.07) is 7.47. The Bertz CT molecular complexity index is 916. The lowest BCUT2D eigenvalue weighted by Gasteiger charge is -2.23. The van der Waals surface area contributed by atoms with Crippen molar-refractivity contribution in [2.24, 2.45) is 0 Å². The summed E-state index contributed by atoms with van der Waals surface area (Å²) in [6.45, 7) is 2.08. The van der Waals surface area contributed by atoms with Crippen molar-refractivity contribution in [2.45, 2.75) is 45.2 Å². The normalized spacial score (nSPS) is 17.3. The number of aromatic nitrogens is 1. The van der Waals surface area contributed by atoms with Gasteiger partial charge in [-0.2, -0.15) is 0 Å². The van der Waals surface area contributed by atoms with Gasteiger partial charge in [0.05, 0.1) is 11.5 Å². The second-order valence-corrected chi connectivity index (χ2v) is 9.16. The smallest absolute Gasteiger partial charge is 0.240 e. The lowest BCUT2D eigenvalue weighted by atomic mass is 10.1. The van der Waals surface area contributed by atoms with Crippen LogP contribution in [0.1, 0.15) is 43.0 Å². The van der Waals surface area contributed by atoms with Crippen molar-refractivity contribution in [1.29, 1.82) is 0 Å². The summed E-state index contributed by atoms with van der Waals surface area (Å²) in [6.07, 6.45) is 3.94. The van der Waals surface area contributed by atoms with Crippen molar-refractivity contribution in [1.82, 2.24) is 9.88 Å². The van der Waals surface area contributed by atoms with Crippen LogP contribution in [0.2, 0.25) is 0 Å². The Morgan fingerprint density at radius 3 is 2.58 bits per heavy atom. The Kier molecular flexibility index (Phi) is 5.46. The summed E-state index contributed by atoms with van der Waals surface area (Å²) in [5, 5.41) is 3.79. The van der Waals surface area contributed by atoms with Gasteiger partial charge < -0.3 is 9.88 Å². The molecule has 1 fully saturated rings. The number of Topliss-reactive ketones (excluding diaryl/α,β-unsaturated/α-hetero) is 1. The maximum absolute atomic E-state index is 12.4. The summed E-state index contributed by atoms with van der Waals surface area (Å²) in [4.78, 5) is 24.8. The minimum absolute atomic E-state index is 0.0837. The van der Waals surface area contributed by atoms with Gasteiger partial charge in [-0.3, -0.25) is 9.59 Å². The number of carbonyl (C=O) groups excluding carboxylic acids is 2. The largest absolute Gasteiger partial charge is 0.352 e. The van der Waals surface area contributed by atoms with Gasteiger partial charge in [0, 0.05) is 35.1 Å². The Labute approximate surface area is 153 Å². The highest BCUT2D eigenvalue weighted by atomic mass is 32.2. The topological polar surface area (TPSA) is 85.2 Å². The fraction of sp³-hybridized carbons (Fsp3) is 0.474. The van der Waals surface area contributed by atoms with Crippen LogP contribution in [0, 0.1) is 0 Å². The highest BCUT2D eigenvalue weighted by Crippen LogP contribution is 2.23. The van der Waals surface area contributed by atoms with Crippen molar-refractivity contribution in [2.75, 3.05) is 11.5 Å². The molecule has 0 spiro atoms. The average molecular weight is 376 g/mol. The van der Waals surface area contributed by atoms with E-state index in [1.165, 1.54) is 0 Å². The molecule has 0 unspecified atom stereocenters. The number of nitrogens with zero attached hydrogens (tertiary/aromatic N) is 1. The van der Waals surface area contributed by atoms with Crippen LogP contribution in [0.4, 0.5) is 0 Å². The molecule has 1 N–H and O–H groups in total. The summed E-state index contributed by atoms with van der Waals surface area (Å²) in [7, 11) is -2.94. The van der Waals surface area contributed by atoms with Crippen LogP contribution >= 0.6 is 0 Å². The van der Waals surface area contributed by atoms with E-state index in [0.29, 0.717) is 24.8 Å². The summed E-state index contributed by atoms with van der Waals surface area (Å²) < 4.78 is 24.8. The molecule has 2 aromatic rings. The molecule has 3 rings (SSSR count). The second-order valence-electron chi connectivity index (χ2n) is 6.85. The van der Waals surface area contributed by atoms with Crippen molar-refractivity contribution in [3.8, 4) is 0 Å². The van der Waals surface area contributed by atoms with E-state index in [1.807, 2.05) is 31.2 Å². The fourth-order valence-corrected chi connectivity index (χ4v) is 4.92. The number of para-hydroxylation sites is 1. The predicted octanol–water partition coefficient (Wildman–Crippen LogP) is 2.32. The zero-order valence-corrected chi connectivity index (χ0v) is 15.7. The zero-order valence-electron chi connectivity index (χ0n) is 14.9. The summed E-state index contributed by atoms with van der Waals surface area (Å²) >= 11 is 0. The number of ketones is 1. The van der Waals surface area contributed by atoms with E-state index in [1.54, 1.807) is 10.8 Å². The zero-order chi connectivity index (χ0) is 18.7. The predicted molar refractivity (Wildman–Crippen MR) is 101 cm³/mol. The molecular weight excluding hydrogens is 352 g/mol. The Balaban J connectivity index is 1.74. The number of amides is 1. The van der Waals surface area contributed by atoms with Gasteiger partial charge in [-0.25, -0.2) is 8.42 Å². The molecule has 1 aromatic carbocycles. The van der Waals surface area contributed by atoms with Crippen LogP contribution in [-0.2, 0) is 21.2 Å². The first-order valence-corrected chi connectivity index (χ1v) is 10.8. The molecular formula is C19H24N2O4S. The molecule has 0 radical (unpaired) electrons. The van der Waals surface area contributed by atoms with Crippen LogP contribution in [0.3, 0.4) is 0 Å².